The van der Waals surface area contributed by atoms with Crippen LogP contribution in [0.2, 0.25) is 0 Å². The number of imidazole rings is 1. The van der Waals surface area contributed by atoms with E-state index >= 15 is 0 Å². The highest BCUT2D eigenvalue weighted by Crippen LogP contribution is 2.33. The fourth-order valence-electron chi connectivity index (χ4n) is 4.13. The van der Waals surface area contributed by atoms with E-state index in [2.05, 4.69) is 39.8 Å². The Hall–Kier alpha value is -2.25. The predicted molar refractivity (Wildman–Crippen MR) is 103 cm³/mol. The van der Waals surface area contributed by atoms with Crippen LogP contribution in [0.1, 0.15) is 36.0 Å². The number of likely N-dealkylation sites (tertiary alicyclic amines) is 1. The molecule has 0 saturated carbocycles. The summed E-state index contributed by atoms with van der Waals surface area (Å²) >= 11 is 0. The molecule has 0 bridgehead atoms. The number of amides is 1. The monoisotopic (exact) mass is 368 g/mol. The molecule has 4 rings (SSSR count). The minimum absolute atomic E-state index is 0.0420. The van der Waals surface area contributed by atoms with Gasteiger partial charge < -0.3 is 9.80 Å². The Labute approximate surface area is 160 Å². The standard InChI is InChI=1S/C20H28N6O/c1-16-5-3-7-22-19(16)17-6-4-9-25(17)15-18-21-8-10-26(18)20(27)24-13-11-23(2)12-14-24/h3,5,7-8,10,17H,4,6,9,11-15H2,1-2H3. The summed E-state index contributed by atoms with van der Waals surface area (Å²) < 4.78 is 1.73. The zero-order valence-corrected chi connectivity index (χ0v) is 16.2. The maximum atomic E-state index is 13.0. The summed E-state index contributed by atoms with van der Waals surface area (Å²) in [6.45, 7) is 7.19. The molecule has 2 aliphatic heterocycles. The Morgan fingerprint density at radius 3 is 2.74 bits per heavy atom. The van der Waals surface area contributed by atoms with Crippen LogP contribution in [-0.2, 0) is 6.54 Å². The smallest absolute Gasteiger partial charge is 0.321 e. The van der Waals surface area contributed by atoms with Gasteiger partial charge in [-0.05, 0) is 45.0 Å². The number of hydrogen-bond donors (Lipinski definition) is 0. The number of carbonyl (C=O) groups is 1. The number of piperazine rings is 1. The fraction of sp³-hybridized carbons (Fsp3) is 0.550. The molecule has 1 atom stereocenters. The van der Waals surface area contributed by atoms with Gasteiger partial charge in [-0.25, -0.2) is 9.78 Å². The van der Waals surface area contributed by atoms with Gasteiger partial charge >= 0.3 is 6.03 Å². The highest BCUT2D eigenvalue weighted by atomic mass is 16.2. The van der Waals surface area contributed by atoms with E-state index in [1.54, 1.807) is 17.0 Å². The molecule has 2 aromatic heterocycles. The molecule has 0 spiro atoms. The average Bonchev–Trinajstić information content (AvgIpc) is 3.32. The van der Waals surface area contributed by atoms with Gasteiger partial charge in [0.05, 0.1) is 18.3 Å². The van der Waals surface area contributed by atoms with Crippen molar-refractivity contribution in [1.29, 1.82) is 0 Å². The van der Waals surface area contributed by atoms with Crippen molar-refractivity contribution in [2.75, 3.05) is 39.8 Å². The van der Waals surface area contributed by atoms with E-state index in [4.69, 9.17) is 0 Å². The van der Waals surface area contributed by atoms with Crippen LogP contribution in [0.5, 0.6) is 0 Å². The molecule has 7 nitrogen and oxygen atoms in total. The molecule has 2 fully saturated rings. The van der Waals surface area contributed by atoms with Gasteiger partial charge in [0.1, 0.15) is 5.82 Å². The summed E-state index contributed by atoms with van der Waals surface area (Å²) in [5.74, 6) is 0.819. The van der Waals surface area contributed by atoms with Crippen LogP contribution in [0.3, 0.4) is 0 Å². The molecular formula is C20H28N6O. The van der Waals surface area contributed by atoms with Gasteiger partial charge in [-0.1, -0.05) is 6.07 Å². The van der Waals surface area contributed by atoms with Crippen LogP contribution in [0, 0.1) is 6.92 Å². The van der Waals surface area contributed by atoms with E-state index in [1.807, 2.05) is 17.2 Å². The van der Waals surface area contributed by atoms with E-state index in [-0.39, 0.29) is 6.03 Å². The first-order chi connectivity index (χ1) is 13.1. The molecule has 0 aromatic carbocycles. The van der Waals surface area contributed by atoms with Gasteiger partial charge in [-0.3, -0.25) is 14.5 Å². The molecule has 144 valence electrons. The molecule has 4 heterocycles. The average molecular weight is 368 g/mol. The number of carbonyl (C=O) groups excluding carboxylic acids is 1. The fourth-order valence-corrected chi connectivity index (χ4v) is 4.13. The quantitative estimate of drug-likeness (QED) is 0.831. The first-order valence-electron chi connectivity index (χ1n) is 9.79. The van der Waals surface area contributed by atoms with Gasteiger partial charge in [-0.15, -0.1) is 0 Å². The van der Waals surface area contributed by atoms with Gasteiger partial charge in [0, 0.05) is 44.8 Å². The second-order valence-electron chi connectivity index (χ2n) is 7.62. The minimum atomic E-state index is 0.0420. The molecule has 1 amide bonds. The zero-order chi connectivity index (χ0) is 18.8. The highest BCUT2D eigenvalue weighted by Gasteiger charge is 2.30. The second kappa shape index (κ2) is 7.78. The summed E-state index contributed by atoms with van der Waals surface area (Å²) in [4.78, 5) is 28.7. The molecular weight excluding hydrogens is 340 g/mol. The van der Waals surface area contributed by atoms with Crippen LogP contribution in [-0.4, -0.2) is 75.0 Å². The number of rotatable bonds is 3. The number of hydrogen-bond acceptors (Lipinski definition) is 5. The molecule has 27 heavy (non-hydrogen) atoms. The first-order valence-corrected chi connectivity index (χ1v) is 9.79. The third kappa shape index (κ3) is 3.75. The van der Waals surface area contributed by atoms with Crippen LogP contribution in [0.25, 0.3) is 0 Å². The maximum Gasteiger partial charge on any atom is 0.329 e. The summed E-state index contributed by atoms with van der Waals surface area (Å²) in [6.07, 6.45) is 7.66. The van der Waals surface area contributed by atoms with Gasteiger partial charge in [0.15, 0.2) is 0 Å². The lowest BCUT2D eigenvalue weighted by Gasteiger charge is -2.32. The SMILES string of the molecule is Cc1cccnc1C1CCCN1Cc1nccn1C(=O)N1CCN(C)CC1. The Bertz CT molecular complexity index is 795. The Kier molecular flexibility index (Phi) is 5.22. The van der Waals surface area contributed by atoms with Crippen LogP contribution in [0.15, 0.2) is 30.7 Å². The number of likely N-dealkylation sites (N-methyl/N-ethyl adjacent to an activating group) is 1. The number of pyridine rings is 1. The molecule has 7 heteroatoms. The molecule has 0 radical (unpaired) electrons. The van der Waals surface area contributed by atoms with Crippen molar-refractivity contribution in [3.8, 4) is 0 Å². The van der Waals surface area contributed by atoms with Crippen molar-refractivity contribution in [3.05, 3.63) is 47.8 Å². The van der Waals surface area contributed by atoms with Gasteiger partial charge in [0.2, 0.25) is 0 Å². The first kappa shape index (κ1) is 18.1. The van der Waals surface area contributed by atoms with Crippen molar-refractivity contribution in [1.82, 2.24) is 29.2 Å². The van der Waals surface area contributed by atoms with Crippen LogP contribution < -0.4 is 0 Å². The second-order valence-corrected chi connectivity index (χ2v) is 7.62. The zero-order valence-electron chi connectivity index (χ0n) is 16.2. The van der Waals surface area contributed by atoms with Gasteiger partial charge in [0.25, 0.3) is 0 Å². The molecule has 1 unspecified atom stereocenters. The lowest BCUT2D eigenvalue weighted by Crippen LogP contribution is -2.48. The largest absolute Gasteiger partial charge is 0.329 e. The Morgan fingerprint density at radius 2 is 1.96 bits per heavy atom. The third-order valence-corrected chi connectivity index (χ3v) is 5.77. The number of aryl methyl sites for hydroxylation is 1. The minimum Gasteiger partial charge on any atom is -0.321 e. The summed E-state index contributed by atoms with van der Waals surface area (Å²) in [5.41, 5.74) is 2.38. The van der Waals surface area contributed by atoms with Gasteiger partial charge in [-0.2, -0.15) is 0 Å². The van der Waals surface area contributed by atoms with Crippen LogP contribution >= 0.6 is 0 Å². The normalized spacial score (nSPS) is 21.7. The lowest BCUT2D eigenvalue weighted by molar-refractivity contribution is 0.153. The van der Waals surface area contributed by atoms with E-state index in [9.17, 15) is 4.79 Å². The van der Waals surface area contributed by atoms with Crippen molar-refractivity contribution >= 4 is 6.03 Å². The van der Waals surface area contributed by atoms with Crippen molar-refractivity contribution in [2.24, 2.45) is 0 Å². The van der Waals surface area contributed by atoms with E-state index in [0.717, 1.165) is 57.1 Å². The number of aromatic nitrogens is 3. The predicted octanol–water partition coefficient (Wildman–Crippen LogP) is 2.14. The Morgan fingerprint density at radius 1 is 1.15 bits per heavy atom. The topological polar surface area (TPSA) is 57.5 Å². The van der Waals surface area contributed by atoms with Crippen molar-refractivity contribution in [3.63, 3.8) is 0 Å². The van der Waals surface area contributed by atoms with Crippen molar-refractivity contribution < 1.29 is 4.79 Å². The van der Waals surface area contributed by atoms with E-state index < -0.39 is 0 Å². The number of nitrogens with zero attached hydrogens (tertiary/aromatic N) is 6. The van der Waals surface area contributed by atoms with Crippen molar-refractivity contribution in [2.45, 2.75) is 32.4 Å². The molecule has 2 aromatic rings. The van der Waals surface area contributed by atoms with E-state index in [0.29, 0.717) is 12.6 Å². The Balaban J connectivity index is 1.50. The molecule has 0 N–H and O–H groups in total. The lowest BCUT2D eigenvalue weighted by atomic mass is 10.1. The van der Waals surface area contributed by atoms with E-state index in [1.165, 1.54) is 5.56 Å². The highest BCUT2D eigenvalue weighted by molar-refractivity contribution is 5.77. The molecule has 2 saturated heterocycles. The molecule has 0 aliphatic carbocycles. The molecule has 2 aliphatic rings. The van der Waals surface area contributed by atoms with Crippen LogP contribution in [0.4, 0.5) is 4.79 Å². The maximum absolute atomic E-state index is 13.0. The third-order valence-electron chi connectivity index (χ3n) is 5.77. The summed E-state index contributed by atoms with van der Waals surface area (Å²) in [6, 6.07) is 4.45. The summed E-state index contributed by atoms with van der Waals surface area (Å²) in [7, 11) is 2.09. The summed E-state index contributed by atoms with van der Waals surface area (Å²) in [5, 5.41) is 0.